The van der Waals surface area contributed by atoms with Gasteiger partial charge in [0.05, 0.1) is 6.42 Å². The highest BCUT2D eigenvalue weighted by Gasteiger charge is 2.37. The third-order valence-corrected chi connectivity index (χ3v) is 4.32. The Balaban J connectivity index is 1.90. The van der Waals surface area contributed by atoms with Crippen LogP contribution in [0.15, 0.2) is 24.3 Å². The third kappa shape index (κ3) is 3.35. The van der Waals surface area contributed by atoms with Crippen molar-refractivity contribution in [2.75, 3.05) is 20.1 Å². The Morgan fingerprint density at radius 3 is 2.42 bits per heavy atom. The number of nitrogens with zero attached hydrogens (tertiary/aromatic N) is 1. The molecule has 1 saturated carbocycles. The summed E-state index contributed by atoms with van der Waals surface area (Å²) >= 11 is 0. The lowest BCUT2D eigenvalue weighted by atomic mass is 9.68. The van der Waals surface area contributed by atoms with Gasteiger partial charge >= 0.3 is 0 Å². The van der Waals surface area contributed by atoms with E-state index in [-0.39, 0.29) is 11.3 Å². The number of carbonyl (C=O) groups excluding carboxylic acids is 1. The number of carbonyl (C=O) groups is 1. The Morgan fingerprint density at radius 2 is 1.95 bits per heavy atom. The molecule has 104 valence electrons. The second-order valence-electron chi connectivity index (χ2n) is 5.97. The summed E-state index contributed by atoms with van der Waals surface area (Å²) in [6.07, 6.45) is 4.05. The van der Waals surface area contributed by atoms with Gasteiger partial charge in [-0.2, -0.15) is 0 Å². The van der Waals surface area contributed by atoms with E-state index in [1.54, 1.807) is 0 Å². The van der Waals surface area contributed by atoms with Crippen molar-refractivity contribution in [3.63, 3.8) is 0 Å². The minimum absolute atomic E-state index is 0.184. The van der Waals surface area contributed by atoms with Crippen LogP contribution in [0.25, 0.3) is 0 Å². The number of likely N-dealkylation sites (N-methyl/N-ethyl adjacent to an activating group) is 1. The SMILES string of the molecule is Cc1ccc(CC(=O)N(C)CC2(CN)CCC2)cc1. The molecular weight excluding hydrogens is 236 g/mol. The fourth-order valence-corrected chi connectivity index (χ4v) is 2.71. The molecule has 1 aromatic rings. The van der Waals surface area contributed by atoms with Gasteiger partial charge in [0.1, 0.15) is 0 Å². The molecule has 0 aromatic heterocycles. The van der Waals surface area contributed by atoms with E-state index < -0.39 is 0 Å². The van der Waals surface area contributed by atoms with E-state index in [4.69, 9.17) is 5.73 Å². The van der Waals surface area contributed by atoms with E-state index >= 15 is 0 Å². The molecule has 1 amide bonds. The van der Waals surface area contributed by atoms with Crippen LogP contribution in [0.4, 0.5) is 0 Å². The van der Waals surface area contributed by atoms with Crippen molar-refractivity contribution < 1.29 is 4.79 Å². The van der Waals surface area contributed by atoms with Gasteiger partial charge in [0, 0.05) is 19.0 Å². The van der Waals surface area contributed by atoms with Gasteiger partial charge in [-0.15, -0.1) is 0 Å². The van der Waals surface area contributed by atoms with Crippen molar-refractivity contribution in [3.05, 3.63) is 35.4 Å². The molecule has 0 bridgehead atoms. The molecule has 0 heterocycles. The summed E-state index contributed by atoms with van der Waals surface area (Å²) in [5.74, 6) is 0.184. The van der Waals surface area contributed by atoms with Crippen LogP contribution < -0.4 is 5.73 Å². The lowest BCUT2D eigenvalue weighted by Gasteiger charge is -2.43. The minimum atomic E-state index is 0.184. The Hall–Kier alpha value is -1.35. The quantitative estimate of drug-likeness (QED) is 0.881. The lowest BCUT2D eigenvalue weighted by molar-refractivity contribution is -0.131. The number of benzene rings is 1. The van der Waals surface area contributed by atoms with Gasteiger partial charge in [0.2, 0.25) is 5.91 Å². The molecule has 1 aliphatic carbocycles. The summed E-state index contributed by atoms with van der Waals surface area (Å²) in [5.41, 5.74) is 8.35. The normalized spacial score (nSPS) is 16.8. The van der Waals surface area contributed by atoms with E-state index in [1.807, 2.05) is 24.1 Å². The number of hydrogen-bond acceptors (Lipinski definition) is 2. The van der Waals surface area contributed by atoms with Gasteiger partial charge in [-0.1, -0.05) is 36.2 Å². The monoisotopic (exact) mass is 260 g/mol. The second kappa shape index (κ2) is 5.74. The van der Waals surface area contributed by atoms with Crippen LogP contribution in [-0.4, -0.2) is 30.9 Å². The maximum atomic E-state index is 12.2. The summed E-state index contributed by atoms with van der Waals surface area (Å²) in [6, 6.07) is 8.16. The van der Waals surface area contributed by atoms with Gasteiger partial charge in [0.25, 0.3) is 0 Å². The molecule has 3 heteroatoms. The number of amides is 1. The van der Waals surface area contributed by atoms with Gasteiger partial charge in [-0.05, 0) is 31.9 Å². The molecule has 0 unspecified atom stereocenters. The number of aryl methyl sites for hydroxylation is 1. The van der Waals surface area contributed by atoms with E-state index in [0.717, 1.165) is 24.9 Å². The van der Waals surface area contributed by atoms with Crippen molar-refractivity contribution in [2.45, 2.75) is 32.6 Å². The van der Waals surface area contributed by atoms with E-state index in [2.05, 4.69) is 19.1 Å². The third-order valence-electron chi connectivity index (χ3n) is 4.32. The van der Waals surface area contributed by atoms with Crippen molar-refractivity contribution in [3.8, 4) is 0 Å². The smallest absolute Gasteiger partial charge is 0.226 e. The Labute approximate surface area is 115 Å². The van der Waals surface area contributed by atoms with E-state index in [0.29, 0.717) is 13.0 Å². The molecular formula is C16H24N2O. The number of nitrogens with two attached hydrogens (primary N) is 1. The maximum absolute atomic E-state index is 12.2. The van der Waals surface area contributed by atoms with Crippen molar-refractivity contribution in [1.29, 1.82) is 0 Å². The van der Waals surface area contributed by atoms with Gasteiger partial charge < -0.3 is 10.6 Å². The van der Waals surface area contributed by atoms with Crippen LogP contribution in [0.2, 0.25) is 0 Å². The zero-order valence-electron chi connectivity index (χ0n) is 12.0. The predicted molar refractivity (Wildman–Crippen MR) is 77.9 cm³/mol. The highest BCUT2D eigenvalue weighted by atomic mass is 16.2. The first kappa shape index (κ1) is 14.1. The van der Waals surface area contributed by atoms with Crippen molar-refractivity contribution >= 4 is 5.91 Å². The number of rotatable bonds is 5. The molecule has 1 aromatic carbocycles. The van der Waals surface area contributed by atoms with Gasteiger partial charge in [-0.25, -0.2) is 0 Å². The van der Waals surface area contributed by atoms with E-state index in [1.165, 1.54) is 12.0 Å². The lowest BCUT2D eigenvalue weighted by Crippen LogP contribution is -2.47. The summed E-state index contributed by atoms with van der Waals surface area (Å²) in [4.78, 5) is 14.1. The highest BCUT2D eigenvalue weighted by Crippen LogP contribution is 2.40. The summed E-state index contributed by atoms with van der Waals surface area (Å²) in [7, 11) is 1.90. The van der Waals surface area contributed by atoms with Crippen LogP contribution in [0.3, 0.4) is 0 Å². The van der Waals surface area contributed by atoms with Crippen molar-refractivity contribution in [1.82, 2.24) is 4.90 Å². The average Bonchev–Trinajstić information content (AvgIpc) is 2.36. The molecule has 0 saturated heterocycles. The maximum Gasteiger partial charge on any atom is 0.226 e. The highest BCUT2D eigenvalue weighted by molar-refractivity contribution is 5.78. The summed E-state index contributed by atoms with van der Waals surface area (Å²) in [6.45, 7) is 3.54. The first-order valence-corrected chi connectivity index (χ1v) is 7.04. The molecule has 2 rings (SSSR count). The summed E-state index contributed by atoms with van der Waals surface area (Å²) in [5, 5.41) is 0. The molecule has 19 heavy (non-hydrogen) atoms. The molecule has 0 radical (unpaired) electrons. The second-order valence-corrected chi connectivity index (χ2v) is 5.97. The molecule has 2 N–H and O–H groups in total. The number of hydrogen-bond donors (Lipinski definition) is 1. The average molecular weight is 260 g/mol. The molecule has 1 fully saturated rings. The molecule has 0 atom stereocenters. The largest absolute Gasteiger partial charge is 0.345 e. The molecule has 3 nitrogen and oxygen atoms in total. The van der Waals surface area contributed by atoms with Crippen LogP contribution in [0.5, 0.6) is 0 Å². The molecule has 0 aliphatic heterocycles. The minimum Gasteiger partial charge on any atom is -0.345 e. The van der Waals surface area contributed by atoms with Crippen LogP contribution in [0, 0.1) is 12.3 Å². The Kier molecular flexibility index (Phi) is 4.25. The first-order chi connectivity index (χ1) is 9.04. The Bertz CT molecular complexity index is 429. The van der Waals surface area contributed by atoms with Gasteiger partial charge in [-0.3, -0.25) is 4.79 Å². The zero-order chi connectivity index (χ0) is 13.9. The van der Waals surface area contributed by atoms with Crippen LogP contribution in [0.1, 0.15) is 30.4 Å². The topological polar surface area (TPSA) is 46.3 Å². The summed E-state index contributed by atoms with van der Waals surface area (Å²) < 4.78 is 0. The van der Waals surface area contributed by atoms with Crippen LogP contribution in [-0.2, 0) is 11.2 Å². The molecule has 0 spiro atoms. The molecule has 1 aliphatic rings. The van der Waals surface area contributed by atoms with Crippen molar-refractivity contribution in [2.24, 2.45) is 11.1 Å². The van der Waals surface area contributed by atoms with Crippen LogP contribution >= 0.6 is 0 Å². The Morgan fingerprint density at radius 1 is 1.32 bits per heavy atom. The predicted octanol–water partition coefficient (Wildman–Crippen LogP) is 2.12. The standard InChI is InChI=1S/C16H24N2O/c1-13-4-6-14(7-5-13)10-15(19)18(2)12-16(11-17)8-3-9-16/h4-7H,3,8-12,17H2,1-2H3. The fraction of sp³-hybridized carbons (Fsp3) is 0.562. The van der Waals surface area contributed by atoms with E-state index in [9.17, 15) is 4.79 Å². The fourth-order valence-electron chi connectivity index (χ4n) is 2.71. The zero-order valence-corrected chi connectivity index (χ0v) is 12.0. The van der Waals surface area contributed by atoms with Gasteiger partial charge in [0.15, 0.2) is 0 Å². The first-order valence-electron chi connectivity index (χ1n) is 7.04.